The number of rotatable bonds is 2. The van der Waals surface area contributed by atoms with Gasteiger partial charge in [0.1, 0.15) is 6.04 Å². The highest BCUT2D eigenvalue weighted by atomic mass is 16.2. The van der Waals surface area contributed by atoms with Crippen molar-refractivity contribution in [3.8, 4) is 0 Å². The molecule has 2 N–H and O–H groups in total. The Morgan fingerprint density at radius 1 is 1.24 bits per heavy atom. The van der Waals surface area contributed by atoms with Gasteiger partial charge in [0, 0.05) is 26.2 Å². The van der Waals surface area contributed by atoms with Gasteiger partial charge in [-0.05, 0) is 19.1 Å². The number of piperazine rings is 1. The van der Waals surface area contributed by atoms with Gasteiger partial charge in [0.25, 0.3) is 0 Å². The Labute approximate surface area is 124 Å². The predicted octanol–water partition coefficient (Wildman–Crippen LogP) is 0.265. The average Bonchev–Trinajstić information content (AvgIpc) is 2.53. The molecule has 2 amide bonds. The molecule has 1 saturated heterocycles. The predicted molar refractivity (Wildman–Crippen MR) is 81.3 cm³/mol. The summed E-state index contributed by atoms with van der Waals surface area (Å²) in [7, 11) is 0. The Morgan fingerprint density at radius 2 is 1.95 bits per heavy atom. The highest BCUT2D eigenvalue weighted by Crippen LogP contribution is 2.30. The molecule has 6 nitrogen and oxygen atoms in total. The SMILES string of the molecule is CC(C(=O)N1CCNCC1)N1CC(=O)Nc2ccccc21. The third-order valence-corrected chi connectivity index (χ3v) is 4.06. The highest BCUT2D eigenvalue weighted by molar-refractivity contribution is 6.03. The van der Waals surface area contributed by atoms with E-state index in [0.717, 1.165) is 37.6 Å². The molecule has 1 atom stereocenters. The van der Waals surface area contributed by atoms with E-state index in [1.54, 1.807) is 0 Å². The molecule has 2 heterocycles. The monoisotopic (exact) mass is 288 g/mol. The highest BCUT2D eigenvalue weighted by Gasteiger charge is 2.31. The molecule has 1 aromatic rings. The van der Waals surface area contributed by atoms with Crippen molar-refractivity contribution in [1.29, 1.82) is 0 Å². The molecule has 0 bridgehead atoms. The lowest BCUT2D eigenvalue weighted by Crippen LogP contribution is -2.55. The number of benzene rings is 1. The van der Waals surface area contributed by atoms with Crippen molar-refractivity contribution in [1.82, 2.24) is 10.2 Å². The van der Waals surface area contributed by atoms with Gasteiger partial charge in [-0.15, -0.1) is 0 Å². The van der Waals surface area contributed by atoms with Gasteiger partial charge in [-0.2, -0.15) is 0 Å². The Bertz CT molecular complexity index is 554. The third kappa shape index (κ3) is 2.71. The van der Waals surface area contributed by atoms with Gasteiger partial charge >= 0.3 is 0 Å². The average molecular weight is 288 g/mol. The van der Waals surface area contributed by atoms with Gasteiger partial charge in [0.15, 0.2) is 0 Å². The zero-order chi connectivity index (χ0) is 14.8. The van der Waals surface area contributed by atoms with Crippen LogP contribution in [0.4, 0.5) is 11.4 Å². The van der Waals surface area contributed by atoms with Crippen molar-refractivity contribution in [2.75, 3.05) is 42.9 Å². The van der Waals surface area contributed by atoms with E-state index < -0.39 is 0 Å². The molecule has 0 saturated carbocycles. The van der Waals surface area contributed by atoms with Gasteiger partial charge in [0.2, 0.25) is 11.8 Å². The quantitative estimate of drug-likeness (QED) is 0.820. The first kappa shape index (κ1) is 13.9. The summed E-state index contributed by atoms with van der Waals surface area (Å²) in [6.45, 7) is 5.20. The Hall–Kier alpha value is -2.08. The van der Waals surface area contributed by atoms with Crippen LogP contribution in [0.1, 0.15) is 6.92 Å². The van der Waals surface area contributed by atoms with Crippen molar-refractivity contribution in [2.45, 2.75) is 13.0 Å². The van der Waals surface area contributed by atoms with Crippen molar-refractivity contribution in [2.24, 2.45) is 0 Å². The maximum absolute atomic E-state index is 12.6. The van der Waals surface area contributed by atoms with Crippen LogP contribution >= 0.6 is 0 Å². The van der Waals surface area contributed by atoms with Crippen LogP contribution in [-0.4, -0.2) is 55.5 Å². The second kappa shape index (κ2) is 5.73. The fourth-order valence-electron chi connectivity index (χ4n) is 2.89. The van der Waals surface area contributed by atoms with Crippen molar-refractivity contribution in [3.05, 3.63) is 24.3 Å². The third-order valence-electron chi connectivity index (χ3n) is 4.06. The lowest BCUT2D eigenvalue weighted by atomic mass is 10.1. The van der Waals surface area contributed by atoms with Gasteiger partial charge in [-0.3, -0.25) is 9.59 Å². The normalized spacial score (nSPS) is 19.8. The molecule has 2 aliphatic heterocycles. The standard InChI is InChI=1S/C15H20N4O2/c1-11(15(21)18-8-6-16-7-9-18)19-10-14(20)17-12-4-2-3-5-13(12)19/h2-5,11,16H,6-10H2,1H3,(H,17,20). The minimum Gasteiger partial charge on any atom is -0.349 e. The molecule has 2 aliphatic rings. The summed E-state index contributed by atoms with van der Waals surface area (Å²) in [5.74, 6) is 0.00895. The number of amides is 2. The maximum atomic E-state index is 12.6. The molecular formula is C15H20N4O2. The molecule has 112 valence electrons. The first-order valence-electron chi connectivity index (χ1n) is 7.32. The van der Waals surface area contributed by atoms with Crippen molar-refractivity contribution < 1.29 is 9.59 Å². The molecule has 0 aliphatic carbocycles. The van der Waals surface area contributed by atoms with Gasteiger partial charge in [0.05, 0.1) is 17.9 Å². The first-order chi connectivity index (χ1) is 10.2. The number of carbonyl (C=O) groups is 2. The van der Waals surface area contributed by atoms with Gasteiger partial charge < -0.3 is 20.4 Å². The lowest BCUT2D eigenvalue weighted by Gasteiger charge is -2.38. The summed E-state index contributed by atoms with van der Waals surface area (Å²) in [6.07, 6.45) is 0. The molecule has 3 rings (SSSR count). The topological polar surface area (TPSA) is 64.7 Å². The summed E-state index contributed by atoms with van der Waals surface area (Å²) in [5.41, 5.74) is 1.68. The van der Waals surface area contributed by atoms with Crippen LogP contribution < -0.4 is 15.5 Å². The molecule has 6 heteroatoms. The number of nitrogens with zero attached hydrogens (tertiary/aromatic N) is 2. The Morgan fingerprint density at radius 3 is 2.71 bits per heavy atom. The van der Waals surface area contributed by atoms with Gasteiger partial charge in [-0.1, -0.05) is 12.1 Å². The molecular weight excluding hydrogens is 268 g/mol. The van der Waals surface area contributed by atoms with Crippen LogP contribution in [0.25, 0.3) is 0 Å². The number of carbonyl (C=O) groups excluding carboxylic acids is 2. The number of anilines is 2. The second-order valence-electron chi connectivity index (χ2n) is 5.44. The van der Waals surface area contributed by atoms with Crippen LogP contribution in [-0.2, 0) is 9.59 Å². The van der Waals surface area contributed by atoms with Crippen molar-refractivity contribution >= 4 is 23.2 Å². The number of fused-ring (bicyclic) bond motifs is 1. The second-order valence-corrected chi connectivity index (χ2v) is 5.44. The Kier molecular flexibility index (Phi) is 3.79. The number of hydrogen-bond acceptors (Lipinski definition) is 4. The van der Waals surface area contributed by atoms with E-state index in [2.05, 4.69) is 10.6 Å². The van der Waals surface area contributed by atoms with E-state index in [1.165, 1.54) is 0 Å². The fraction of sp³-hybridized carbons (Fsp3) is 0.467. The molecule has 1 fully saturated rings. The minimum atomic E-state index is -0.338. The van der Waals surface area contributed by atoms with E-state index >= 15 is 0 Å². The van der Waals surface area contributed by atoms with Crippen LogP contribution in [0, 0.1) is 0 Å². The van der Waals surface area contributed by atoms with Gasteiger partial charge in [-0.25, -0.2) is 0 Å². The van der Waals surface area contributed by atoms with E-state index in [1.807, 2.05) is 41.0 Å². The maximum Gasteiger partial charge on any atom is 0.245 e. The molecule has 1 unspecified atom stereocenters. The largest absolute Gasteiger partial charge is 0.349 e. The molecule has 1 aromatic carbocycles. The number of para-hydroxylation sites is 2. The van der Waals surface area contributed by atoms with Crippen LogP contribution in [0.3, 0.4) is 0 Å². The van der Waals surface area contributed by atoms with E-state index in [-0.39, 0.29) is 24.4 Å². The molecule has 21 heavy (non-hydrogen) atoms. The van der Waals surface area contributed by atoms with Crippen molar-refractivity contribution in [3.63, 3.8) is 0 Å². The summed E-state index contributed by atoms with van der Waals surface area (Å²) >= 11 is 0. The summed E-state index contributed by atoms with van der Waals surface area (Å²) in [4.78, 5) is 28.2. The Balaban J connectivity index is 1.82. The van der Waals surface area contributed by atoms with E-state index in [9.17, 15) is 9.59 Å². The zero-order valence-electron chi connectivity index (χ0n) is 12.1. The minimum absolute atomic E-state index is 0.0753. The van der Waals surface area contributed by atoms with Crippen LogP contribution in [0.2, 0.25) is 0 Å². The zero-order valence-corrected chi connectivity index (χ0v) is 12.1. The summed E-state index contributed by atoms with van der Waals surface area (Å²) < 4.78 is 0. The molecule has 0 aromatic heterocycles. The van der Waals surface area contributed by atoms with Crippen LogP contribution in [0.5, 0.6) is 0 Å². The number of nitrogens with one attached hydrogen (secondary N) is 2. The lowest BCUT2D eigenvalue weighted by molar-refractivity contribution is -0.132. The van der Waals surface area contributed by atoms with E-state index in [0.29, 0.717) is 0 Å². The molecule has 0 radical (unpaired) electrons. The number of hydrogen-bond donors (Lipinski definition) is 2. The first-order valence-corrected chi connectivity index (χ1v) is 7.32. The fourth-order valence-corrected chi connectivity index (χ4v) is 2.89. The van der Waals surface area contributed by atoms with E-state index in [4.69, 9.17) is 0 Å². The van der Waals surface area contributed by atoms with Crippen LogP contribution in [0.15, 0.2) is 24.3 Å². The summed E-state index contributed by atoms with van der Waals surface area (Å²) in [5, 5.41) is 6.09. The smallest absolute Gasteiger partial charge is 0.245 e. The molecule has 0 spiro atoms. The summed E-state index contributed by atoms with van der Waals surface area (Å²) in [6, 6.07) is 7.27.